The number of carbonyl (C=O) groups is 1. The van der Waals surface area contributed by atoms with Crippen LogP contribution in [0.3, 0.4) is 0 Å². The standard InChI is InChI=1S/C15H19ClO3/c1-10-5-7-15(19,8-6-10)13(14(17)18)11-3-2-4-12(16)9-11/h2-4,9-10,13,19H,5-8H2,1H3,(H,17,18)/t10?,13-,15?/m1/s1. The molecule has 1 aliphatic carbocycles. The van der Waals surface area contributed by atoms with Crippen molar-refractivity contribution in [2.45, 2.75) is 44.1 Å². The molecule has 1 aromatic rings. The number of hydrogen-bond acceptors (Lipinski definition) is 2. The average molecular weight is 283 g/mol. The van der Waals surface area contributed by atoms with Crippen LogP contribution in [-0.4, -0.2) is 21.8 Å². The first-order chi connectivity index (χ1) is 8.92. The number of rotatable bonds is 3. The fraction of sp³-hybridized carbons (Fsp3) is 0.533. The highest BCUT2D eigenvalue weighted by Crippen LogP contribution is 2.42. The normalized spacial score (nSPS) is 28.9. The molecule has 3 nitrogen and oxygen atoms in total. The fourth-order valence-electron chi connectivity index (χ4n) is 2.92. The van der Waals surface area contributed by atoms with Gasteiger partial charge in [0.05, 0.1) is 5.60 Å². The van der Waals surface area contributed by atoms with E-state index in [0.29, 0.717) is 29.3 Å². The minimum Gasteiger partial charge on any atom is -0.481 e. The lowest BCUT2D eigenvalue weighted by Crippen LogP contribution is -2.43. The Hall–Kier alpha value is -1.06. The molecule has 0 aliphatic heterocycles. The molecule has 1 aliphatic rings. The van der Waals surface area contributed by atoms with E-state index in [4.69, 9.17) is 11.6 Å². The first-order valence-corrected chi connectivity index (χ1v) is 7.01. The van der Waals surface area contributed by atoms with Gasteiger partial charge in [0.1, 0.15) is 5.92 Å². The van der Waals surface area contributed by atoms with E-state index in [-0.39, 0.29) is 0 Å². The first-order valence-electron chi connectivity index (χ1n) is 6.63. The van der Waals surface area contributed by atoms with E-state index in [0.717, 1.165) is 12.8 Å². The molecule has 4 heteroatoms. The molecule has 1 saturated carbocycles. The lowest BCUT2D eigenvalue weighted by Gasteiger charge is -2.39. The lowest BCUT2D eigenvalue weighted by atomic mass is 9.70. The smallest absolute Gasteiger partial charge is 0.313 e. The van der Waals surface area contributed by atoms with Crippen molar-refractivity contribution in [2.75, 3.05) is 0 Å². The topological polar surface area (TPSA) is 57.5 Å². The molecular weight excluding hydrogens is 264 g/mol. The van der Waals surface area contributed by atoms with E-state index >= 15 is 0 Å². The quantitative estimate of drug-likeness (QED) is 0.893. The Labute approximate surface area is 118 Å². The van der Waals surface area contributed by atoms with Gasteiger partial charge in [-0.2, -0.15) is 0 Å². The minimum atomic E-state index is -1.16. The molecule has 2 rings (SSSR count). The van der Waals surface area contributed by atoms with Gasteiger partial charge in [-0.05, 0) is 49.3 Å². The van der Waals surface area contributed by atoms with E-state index in [9.17, 15) is 15.0 Å². The van der Waals surface area contributed by atoms with Gasteiger partial charge in [-0.3, -0.25) is 4.79 Å². The van der Waals surface area contributed by atoms with Gasteiger partial charge in [0.2, 0.25) is 0 Å². The Morgan fingerprint density at radius 2 is 2.05 bits per heavy atom. The SMILES string of the molecule is CC1CCC(O)([C@@H](C(=O)O)c2cccc(Cl)c2)CC1. The highest BCUT2D eigenvalue weighted by atomic mass is 35.5. The summed E-state index contributed by atoms with van der Waals surface area (Å²) in [7, 11) is 0. The second-order valence-corrected chi connectivity index (χ2v) is 6.05. The molecule has 0 radical (unpaired) electrons. The number of carboxylic acids is 1. The zero-order valence-corrected chi connectivity index (χ0v) is 11.7. The molecule has 1 aromatic carbocycles. The maximum absolute atomic E-state index is 11.6. The van der Waals surface area contributed by atoms with Crippen molar-refractivity contribution in [3.63, 3.8) is 0 Å². The van der Waals surface area contributed by atoms with Crippen molar-refractivity contribution in [3.05, 3.63) is 34.9 Å². The number of benzene rings is 1. The summed E-state index contributed by atoms with van der Waals surface area (Å²) in [5.41, 5.74) is -0.583. The first kappa shape index (κ1) is 14.4. The maximum atomic E-state index is 11.6. The third-order valence-electron chi connectivity index (χ3n) is 4.11. The second kappa shape index (κ2) is 5.51. The molecule has 0 spiro atoms. The highest BCUT2D eigenvalue weighted by Gasteiger charge is 2.44. The van der Waals surface area contributed by atoms with Gasteiger partial charge in [0.15, 0.2) is 0 Å². The van der Waals surface area contributed by atoms with Gasteiger partial charge in [-0.15, -0.1) is 0 Å². The zero-order valence-electron chi connectivity index (χ0n) is 11.0. The molecule has 1 fully saturated rings. The predicted octanol–water partition coefficient (Wildman–Crippen LogP) is 3.45. The van der Waals surface area contributed by atoms with Gasteiger partial charge >= 0.3 is 5.97 Å². The van der Waals surface area contributed by atoms with Crippen LogP contribution in [0.2, 0.25) is 5.02 Å². The summed E-state index contributed by atoms with van der Waals surface area (Å²) in [4.78, 5) is 11.6. The van der Waals surface area contributed by atoms with Crippen molar-refractivity contribution in [1.29, 1.82) is 0 Å². The summed E-state index contributed by atoms with van der Waals surface area (Å²) in [6, 6.07) is 6.79. The average Bonchev–Trinajstić information content (AvgIpc) is 2.33. The number of halogens is 1. The second-order valence-electron chi connectivity index (χ2n) is 5.61. The van der Waals surface area contributed by atoms with Crippen LogP contribution in [0.25, 0.3) is 0 Å². The summed E-state index contributed by atoms with van der Waals surface area (Å²) < 4.78 is 0. The molecule has 19 heavy (non-hydrogen) atoms. The third-order valence-corrected chi connectivity index (χ3v) is 4.34. The van der Waals surface area contributed by atoms with E-state index in [2.05, 4.69) is 6.92 Å². The summed E-state index contributed by atoms with van der Waals surface area (Å²) in [6.07, 6.45) is 2.77. The molecule has 0 unspecified atom stereocenters. The van der Waals surface area contributed by atoms with Crippen LogP contribution in [0.15, 0.2) is 24.3 Å². The Morgan fingerprint density at radius 3 is 2.58 bits per heavy atom. The summed E-state index contributed by atoms with van der Waals surface area (Å²) >= 11 is 5.93. The van der Waals surface area contributed by atoms with Crippen LogP contribution in [-0.2, 0) is 4.79 Å². The van der Waals surface area contributed by atoms with Crippen LogP contribution in [0.5, 0.6) is 0 Å². The maximum Gasteiger partial charge on any atom is 0.313 e. The van der Waals surface area contributed by atoms with Crippen molar-refractivity contribution in [3.8, 4) is 0 Å². The van der Waals surface area contributed by atoms with E-state index in [1.54, 1.807) is 24.3 Å². The number of carboxylic acid groups (broad SMARTS) is 1. The minimum absolute atomic E-state index is 0.497. The Morgan fingerprint density at radius 1 is 1.42 bits per heavy atom. The predicted molar refractivity (Wildman–Crippen MR) is 74.4 cm³/mol. The van der Waals surface area contributed by atoms with Crippen molar-refractivity contribution >= 4 is 17.6 Å². The highest BCUT2D eigenvalue weighted by molar-refractivity contribution is 6.30. The number of aliphatic carboxylic acids is 1. The van der Waals surface area contributed by atoms with Gasteiger partial charge < -0.3 is 10.2 Å². The van der Waals surface area contributed by atoms with Gasteiger partial charge in [0.25, 0.3) is 0 Å². The molecule has 0 bridgehead atoms. The number of aliphatic hydroxyl groups is 1. The molecule has 0 heterocycles. The molecule has 2 N–H and O–H groups in total. The number of hydrogen-bond donors (Lipinski definition) is 2. The van der Waals surface area contributed by atoms with E-state index < -0.39 is 17.5 Å². The van der Waals surface area contributed by atoms with Gasteiger partial charge in [0, 0.05) is 5.02 Å². The molecule has 0 saturated heterocycles. The van der Waals surface area contributed by atoms with E-state index in [1.807, 2.05) is 0 Å². The Kier molecular flexibility index (Phi) is 4.16. The third kappa shape index (κ3) is 3.10. The fourth-order valence-corrected chi connectivity index (χ4v) is 3.12. The van der Waals surface area contributed by atoms with Crippen LogP contribution in [0, 0.1) is 5.92 Å². The Bertz CT molecular complexity index is 464. The lowest BCUT2D eigenvalue weighted by molar-refractivity contribution is -0.148. The van der Waals surface area contributed by atoms with Crippen molar-refractivity contribution in [1.82, 2.24) is 0 Å². The molecule has 104 valence electrons. The van der Waals surface area contributed by atoms with Crippen molar-refractivity contribution < 1.29 is 15.0 Å². The van der Waals surface area contributed by atoms with E-state index in [1.165, 1.54) is 0 Å². The largest absolute Gasteiger partial charge is 0.481 e. The Balaban J connectivity index is 2.33. The van der Waals surface area contributed by atoms with Gasteiger partial charge in [-0.25, -0.2) is 0 Å². The van der Waals surface area contributed by atoms with Gasteiger partial charge in [-0.1, -0.05) is 30.7 Å². The van der Waals surface area contributed by atoms with Crippen molar-refractivity contribution in [2.24, 2.45) is 5.92 Å². The van der Waals surface area contributed by atoms with Crippen LogP contribution in [0.1, 0.15) is 44.1 Å². The van der Waals surface area contributed by atoms with Crippen LogP contribution >= 0.6 is 11.6 Å². The summed E-state index contributed by atoms with van der Waals surface area (Å²) in [5, 5.41) is 20.7. The monoisotopic (exact) mass is 282 g/mol. The molecule has 0 amide bonds. The van der Waals surface area contributed by atoms with Crippen LogP contribution in [0.4, 0.5) is 0 Å². The van der Waals surface area contributed by atoms with Crippen LogP contribution < -0.4 is 0 Å². The molecule has 1 atom stereocenters. The molecular formula is C15H19ClO3. The summed E-state index contributed by atoms with van der Waals surface area (Å²) in [6.45, 7) is 2.13. The zero-order chi connectivity index (χ0) is 14.0. The summed E-state index contributed by atoms with van der Waals surface area (Å²) in [5.74, 6) is -1.34. The molecule has 0 aromatic heterocycles.